The Labute approximate surface area is 557 Å². The van der Waals surface area contributed by atoms with Crippen molar-refractivity contribution in [2.75, 3.05) is 0 Å². The second kappa shape index (κ2) is 28.6. The molecule has 0 saturated heterocycles. The minimum absolute atomic E-state index is 0.0794. The third kappa shape index (κ3) is 13.4. The molecule has 3 heteroatoms. The van der Waals surface area contributed by atoms with Gasteiger partial charge in [0.05, 0.1) is 18.3 Å². The molecule has 512 valence electrons. The highest BCUT2D eigenvalue weighted by molar-refractivity contribution is 5.29. The molecule has 12 aliphatic carbocycles. The summed E-state index contributed by atoms with van der Waals surface area (Å²) in [4.78, 5) is 0. The van der Waals surface area contributed by atoms with Crippen LogP contribution in [0.1, 0.15) is 317 Å². The molecule has 0 bridgehead atoms. The van der Waals surface area contributed by atoms with E-state index in [2.05, 4.69) is 161 Å². The lowest BCUT2D eigenvalue weighted by Gasteiger charge is -2.58. The van der Waals surface area contributed by atoms with Crippen LogP contribution in [0.5, 0.6) is 0 Å². The van der Waals surface area contributed by atoms with E-state index < -0.39 is 0 Å². The average molecular weight is 1240 g/mol. The van der Waals surface area contributed by atoms with Gasteiger partial charge < -0.3 is 15.3 Å². The van der Waals surface area contributed by atoms with Crippen molar-refractivity contribution in [3.05, 3.63) is 58.7 Å². The first-order chi connectivity index (χ1) is 42.6. The Morgan fingerprint density at radius 1 is 0.444 bits per heavy atom. The van der Waals surface area contributed by atoms with Gasteiger partial charge in [-0.25, -0.2) is 0 Å². The molecule has 26 unspecified atom stereocenters. The van der Waals surface area contributed by atoms with Gasteiger partial charge in [-0.15, -0.1) is 0 Å². The molecule has 0 aliphatic heterocycles. The molecule has 0 aromatic heterocycles. The topological polar surface area (TPSA) is 60.7 Å². The van der Waals surface area contributed by atoms with Crippen LogP contribution in [0.3, 0.4) is 0 Å². The van der Waals surface area contributed by atoms with Crippen LogP contribution < -0.4 is 0 Å². The summed E-state index contributed by atoms with van der Waals surface area (Å²) in [6.07, 6.45) is 54.0. The van der Waals surface area contributed by atoms with Crippen LogP contribution in [-0.4, -0.2) is 33.6 Å². The summed E-state index contributed by atoms with van der Waals surface area (Å²) in [5, 5.41) is 30.7. The zero-order chi connectivity index (χ0) is 65.0. The number of rotatable bonds is 16. The lowest BCUT2D eigenvalue weighted by atomic mass is 9.47. The van der Waals surface area contributed by atoms with E-state index in [1.165, 1.54) is 154 Å². The normalized spacial score (nSPS) is 45.3. The molecular weight excluding hydrogens is 1090 g/mol. The quantitative estimate of drug-likeness (QED) is 0.135. The van der Waals surface area contributed by atoms with Gasteiger partial charge in [-0.1, -0.05) is 189 Å². The Morgan fingerprint density at radius 2 is 0.833 bits per heavy atom. The summed E-state index contributed by atoms with van der Waals surface area (Å²) in [7, 11) is 0. The van der Waals surface area contributed by atoms with Crippen molar-refractivity contribution < 1.29 is 15.3 Å². The van der Waals surface area contributed by atoms with Crippen LogP contribution >= 0.6 is 0 Å². The first-order valence-corrected chi connectivity index (χ1v) is 40.1. The van der Waals surface area contributed by atoms with E-state index in [-0.39, 0.29) is 18.3 Å². The molecule has 0 spiro atoms. The summed E-state index contributed by atoms with van der Waals surface area (Å²) < 4.78 is 0. The Bertz CT molecular complexity index is 2540. The fourth-order valence-corrected chi connectivity index (χ4v) is 27.1. The smallest absolute Gasteiger partial charge is 0.0577 e. The van der Waals surface area contributed by atoms with Crippen molar-refractivity contribution in [1.82, 2.24) is 0 Å². The second-order valence-electron chi connectivity index (χ2n) is 37.7. The Balaban J connectivity index is 0.000000148. The van der Waals surface area contributed by atoms with E-state index in [1.807, 2.05) is 0 Å². The molecular formula is C87H146O3. The van der Waals surface area contributed by atoms with Crippen molar-refractivity contribution in [2.45, 2.75) is 336 Å². The van der Waals surface area contributed by atoms with E-state index in [9.17, 15) is 15.3 Å². The third-order valence-corrected chi connectivity index (χ3v) is 32.9. The zero-order valence-corrected chi connectivity index (χ0v) is 62.3. The maximum Gasteiger partial charge on any atom is 0.0577 e. The van der Waals surface area contributed by atoms with Gasteiger partial charge in [-0.05, 0) is 338 Å². The number of aliphatic hydroxyl groups excluding tert-OH is 3. The summed E-state index contributed by atoms with van der Waals surface area (Å²) in [6.45, 7) is 44.6. The van der Waals surface area contributed by atoms with E-state index in [1.54, 1.807) is 22.3 Å². The number of hydrogen-bond donors (Lipinski definition) is 3. The monoisotopic (exact) mass is 1240 g/mol. The van der Waals surface area contributed by atoms with Crippen molar-refractivity contribution in [2.24, 2.45) is 151 Å². The standard InChI is InChI=1S/C29H50O.2C29H48O/c3*1-7-21(19(2)3)9-8-20(4)25-12-13-26-24-11-10-22-18-23(30)14-16-28(22,5)27(24)15-17-29(25,26)6/h10,19-21,23-27,30H,7-9,11-18H2,1-6H3;8-10,19-21,23-27,30H,7,11-18H2,1-6H3;7,10,19-20,23-27,30H,8-9,11-18H2,1-6H3/b;9-8+;21-7+. The van der Waals surface area contributed by atoms with Gasteiger partial charge in [0.25, 0.3) is 0 Å². The molecule has 12 rings (SSSR count). The lowest BCUT2D eigenvalue weighted by Crippen LogP contribution is -2.50. The fraction of sp³-hybridized carbons (Fsp3) is 0.885. The maximum atomic E-state index is 10.2. The number of fused-ring (bicyclic) bond motifs is 15. The lowest BCUT2D eigenvalue weighted by molar-refractivity contribution is -0.0575. The molecule has 0 aromatic carbocycles. The molecule has 0 aromatic rings. The summed E-state index contributed by atoms with van der Waals surface area (Å²) in [5.41, 5.74) is 9.30. The van der Waals surface area contributed by atoms with Gasteiger partial charge in [0.15, 0.2) is 0 Å². The summed E-state index contributed by atoms with van der Waals surface area (Å²) >= 11 is 0. The predicted octanol–water partition coefficient (Wildman–Crippen LogP) is 23.8. The third-order valence-electron chi connectivity index (χ3n) is 32.9. The first kappa shape index (κ1) is 71.4. The maximum absolute atomic E-state index is 10.2. The molecule has 90 heavy (non-hydrogen) atoms. The SMILES string of the molecule is C/C=C(\CCC(C)C1CCC2C3CC=C4CC(O)CCC4(C)C3CCC12C)C(C)C.CCC(/C=C/C(C)C1CCC2C3CC=C4CC(O)CCC4(C)C3CCC12C)C(C)C.CCC(CCC(C)C1CCC2C3CC=C4CC(O)CCC4(C)C3CCC12C)C(C)C. The molecule has 0 radical (unpaired) electrons. The fourth-order valence-electron chi connectivity index (χ4n) is 27.1. The van der Waals surface area contributed by atoms with Gasteiger partial charge >= 0.3 is 0 Å². The molecule has 0 heterocycles. The largest absolute Gasteiger partial charge is 0.393 e. The minimum Gasteiger partial charge on any atom is -0.393 e. The van der Waals surface area contributed by atoms with E-state index in [4.69, 9.17) is 0 Å². The molecule has 9 fully saturated rings. The molecule has 3 nitrogen and oxygen atoms in total. The summed E-state index contributed by atoms with van der Waals surface area (Å²) in [5.74, 6) is 17.2. The van der Waals surface area contributed by atoms with Gasteiger partial charge in [0.1, 0.15) is 0 Å². The van der Waals surface area contributed by atoms with Crippen molar-refractivity contribution in [1.29, 1.82) is 0 Å². The Morgan fingerprint density at radius 3 is 1.19 bits per heavy atom. The summed E-state index contributed by atoms with van der Waals surface area (Å²) in [6, 6.07) is 0. The Hall–Kier alpha value is -1.42. The van der Waals surface area contributed by atoms with Crippen LogP contribution in [0.4, 0.5) is 0 Å². The first-order valence-electron chi connectivity index (χ1n) is 40.1. The predicted molar refractivity (Wildman–Crippen MR) is 385 cm³/mol. The number of aliphatic hydroxyl groups is 3. The van der Waals surface area contributed by atoms with Crippen LogP contribution in [0.25, 0.3) is 0 Å². The van der Waals surface area contributed by atoms with Crippen LogP contribution in [-0.2, 0) is 0 Å². The van der Waals surface area contributed by atoms with E-state index in [0.717, 1.165) is 145 Å². The van der Waals surface area contributed by atoms with Crippen molar-refractivity contribution in [3.63, 3.8) is 0 Å². The van der Waals surface area contributed by atoms with Crippen molar-refractivity contribution >= 4 is 0 Å². The molecule has 9 saturated carbocycles. The van der Waals surface area contributed by atoms with E-state index >= 15 is 0 Å². The molecule has 3 N–H and O–H groups in total. The second-order valence-corrected chi connectivity index (χ2v) is 37.7. The van der Waals surface area contributed by atoms with Gasteiger partial charge in [0, 0.05) is 0 Å². The van der Waals surface area contributed by atoms with E-state index in [0.29, 0.717) is 44.3 Å². The molecule has 26 atom stereocenters. The minimum atomic E-state index is -0.0870. The highest BCUT2D eigenvalue weighted by Crippen LogP contribution is 2.71. The Kier molecular flexibility index (Phi) is 22.7. The number of hydrogen-bond acceptors (Lipinski definition) is 3. The van der Waals surface area contributed by atoms with Gasteiger partial charge in [-0.3, -0.25) is 0 Å². The van der Waals surface area contributed by atoms with Gasteiger partial charge in [0.2, 0.25) is 0 Å². The zero-order valence-electron chi connectivity index (χ0n) is 62.3. The van der Waals surface area contributed by atoms with Crippen LogP contribution in [0.15, 0.2) is 58.7 Å². The van der Waals surface area contributed by atoms with Crippen LogP contribution in [0, 0.1) is 151 Å². The highest BCUT2D eigenvalue weighted by atomic mass is 16.3. The molecule has 0 amide bonds. The molecule has 12 aliphatic rings. The van der Waals surface area contributed by atoms with Crippen LogP contribution in [0.2, 0.25) is 0 Å². The number of allylic oxidation sites excluding steroid dienone is 7. The highest BCUT2D eigenvalue weighted by Gasteiger charge is 2.62. The average Bonchev–Trinajstić information content (AvgIpc) is 1.37. The van der Waals surface area contributed by atoms with Crippen molar-refractivity contribution in [3.8, 4) is 0 Å². The van der Waals surface area contributed by atoms with Gasteiger partial charge in [-0.2, -0.15) is 0 Å².